The Morgan fingerprint density at radius 2 is 2.55 bits per heavy atom. The van der Waals surface area contributed by atoms with Crippen molar-refractivity contribution in [1.29, 1.82) is 0 Å². The Bertz CT molecular complexity index is 212. The Morgan fingerprint density at radius 1 is 1.91 bits per heavy atom. The molecule has 60 valence electrons. The lowest BCUT2D eigenvalue weighted by Gasteiger charge is -2.18. The van der Waals surface area contributed by atoms with E-state index >= 15 is 0 Å². The number of hydrogen-bond donors (Lipinski definition) is 0. The van der Waals surface area contributed by atoms with Gasteiger partial charge >= 0.3 is 0 Å². The Kier molecular flexibility index (Phi) is 2.39. The van der Waals surface area contributed by atoms with Crippen LogP contribution in [0.4, 0.5) is 0 Å². The predicted molar refractivity (Wildman–Crippen MR) is 48.6 cm³/mol. The van der Waals surface area contributed by atoms with Crippen molar-refractivity contribution in [3.05, 3.63) is 12.7 Å². The van der Waals surface area contributed by atoms with Crippen LogP contribution < -0.4 is 0 Å². The fourth-order valence-corrected chi connectivity index (χ4v) is 1.64. The maximum atomic E-state index is 11.1. The van der Waals surface area contributed by atoms with Crippen molar-refractivity contribution in [3.8, 4) is 0 Å². The molecule has 0 aromatic heterocycles. The molecule has 1 aliphatic rings. The number of carbonyl (C=O) groups excluding carboxylic acids is 1. The van der Waals surface area contributed by atoms with Crippen LogP contribution in [0.3, 0.4) is 0 Å². The highest BCUT2D eigenvalue weighted by molar-refractivity contribution is 7.80. The van der Waals surface area contributed by atoms with Crippen LogP contribution in [0.15, 0.2) is 12.7 Å². The van der Waals surface area contributed by atoms with E-state index < -0.39 is 0 Å². The van der Waals surface area contributed by atoms with E-state index in [1.165, 1.54) is 6.08 Å². The van der Waals surface area contributed by atoms with Crippen molar-refractivity contribution in [3.63, 3.8) is 0 Å². The van der Waals surface area contributed by atoms with E-state index in [4.69, 9.17) is 12.2 Å². The van der Waals surface area contributed by atoms with Gasteiger partial charge in [0.1, 0.15) is 0 Å². The van der Waals surface area contributed by atoms with Crippen LogP contribution in [0.5, 0.6) is 0 Å². The highest BCUT2D eigenvalue weighted by Crippen LogP contribution is 2.14. The van der Waals surface area contributed by atoms with Gasteiger partial charge in [0.05, 0.1) is 6.54 Å². The molecule has 0 unspecified atom stereocenters. The molecule has 0 N–H and O–H groups in total. The van der Waals surface area contributed by atoms with Gasteiger partial charge in [-0.05, 0) is 13.0 Å². The first kappa shape index (κ1) is 8.40. The summed E-state index contributed by atoms with van der Waals surface area (Å²) in [5.74, 6) is -0.0163. The van der Waals surface area contributed by atoms with Gasteiger partial charge < -0.3 is 4.90 Å². The minimum Gasteiger partial charge on any atom is -0.331 e. The molecule has 1 amide bonds. The van der Waals surface area contributed by atoms with Gasteiger partial charge in [-0.25, -0.2) is 0 Å². The molecule has 0 radical (unpaired) electrons. The molecule has 1 aliphatic heterocycles. The molecule has 1 rings (SSSR count). The fourth-order valence-electron chi connectivity index (χ4n) is 1.26. The lowest BCUT2D eigenvalue weighted by Crippen LogP contribution is -2.32. The van der Waals surface area contributed by atoms with Crippen LogP contribution >= 0.6 is 12.2 Å². The van der Waals surface area contributed by atoms with Gasteiger partial charge in [0.15, 0.2) is 0 Å². The van der Waals surface area contributed by atoms with Gasteiger partial charge in [-0.2, -0.15) is 0 Å². The molecule has 11 heavy (non-hydrogen) atoms. The zero-order chi connectivity index (χ0) is 8.43. The number of rotatable bonds is 1. The van der Waals surface area contributed by atoms with Crippen molar-refractivity contribution in [2.24, 2.45) is 0 Å². The second-order valence-corrected chi connectivity index (χ2v) is 3.34. The first-order chi connectivity index (χ1) is 5.15. The number of amides is 1. The summed E-state index contributed by atoms with van der Waals surface area (Å²) in [6.45, 7) is 6.06. The molecule has 0 spiro atoms. The average molecular weight is 169 g/mol. The zero-order valence-electron chi connectivity index (χ0n) is 6.54. The monoisotopic (exact) mass is 169 g/mol. The Hall–Kier alpha value is -0.700. The molecular weight excluding hydrogens is 158 g/mol. The molecular formula is C8H11NOS. The summed E-state index contributed by atoms with van der Waals surface area (Å²) in [6.07, 6.45) is 2.19. The summed E-state index contributed by atoms with van der Waals surface area (Å²) in [4.78, 5) is 13.8. The second kappa shape index (κ2) is 3.13. The number of hydrogen-bond acceptors (Lipinski definition) is 2. The Morgan fingerprint density at radius 3 is 2.91 bits per heavy atom. The number of carbonyl (C=O) groups is 1. The first-order valence-electron chi connectivity index (χ1n) is 3.60. The highest BCUT2D eigenvalue weighted by Gasteiger charge is 2.26. The van der Waals surface area contributed by atoms with Gasteiger partial charge in [0.25, 0.3) is 0 Å². The van der Waals surface area contributed by atoms with E-state index in [1.807, 2.05) is 6.92 Å². The molecule has 1 saturated heterocycles. The smallest absolute Gasteiger partial charge is 0.246 e. The lowest BCUT2D eigenvalue weighted by molar-refractivity contribution is -0.126. The molecule has 0 aromatic carbocycles. The van der Waals surface area contributed by atoms with Crippen LogP contribution in [-0.2, 0) is 4.79 Å². The normalized spacial score (nSPS) is 23.9. The summed E-state index contributed by atoms with van der Waals surface area (Å²) >= 11 is 5.01. The third kappa shape index (κ3) is 1.66. The van der Waals surface area contributed by atoms with E-state index in [2.05, 4.69) is 6.58 Å². The third-order valence-corrected chi connectivity index (χ3v) is 2.16. The summed E-state index contributed by atoms with van der Waals surface area (Å²) < 4.78 is 0. The number of thiocarbonyl (C=S) groups is 1. The maximum Gasteiger partial charge on any atom is 0.246 e. The molecule has 1 heterocycles. The van der Waals surface area contributed by atoms with Crippen LogP contribution in [-0.4, -0.2) is 28.3 Å². The van der Waals surface area contributed by atoms with E-state index in [-0.39, 0.29) is 11.9 Å². The quantitative estimate of drug-likeness (QED) is 0.434. The minimum atomic E-state index is -0.0163. The van der Waals surface area contributed by atoms with Crippen LogP contribution in [0.2, 0.25) is 0 Å². The minimum absolute atomic E-state index is 0.0163. The van der Waals surface area contributed by atoms with Gasteiger partial charge in [0.2, 0.25) is 5.91 Å². The molecule has 1 atom stereocenters. The molecule has 2 nitrogen and oxygen atoms in total. The average Bonchev–Trinajstić information content (AvgIpc) is 2.28. The van der Waals surface area contributed by atoms with Crippen molar-refractivity contribution < 1.29 is 4.79 Å². The van der Waals surface area contributed by atoms with Crippen molar-refractivity contribution >= 4 is 23.0 Å². The largest absolute Gasteiger partial charge is 0.331 e. The van der Waals surface area contributed by atoms with Gasteiger partial charge in [-0.3, -0.25) is 4.79 Å². The Balaban J connectivity index is 2.66. The molecule has 3 heteroatoms. The predicted octanol–water partition coefficient (Wildman–Crippen LogP) is 1.16. The Labute approximate surface area is 71.9 Å². The summed E-state index contributed by atoms with van der Waals surface area (Å²) in [5, 5.41) is 0. The molecule has 0 aromatic rings. The van der Waals surface area contributed by atoms with E-state index in [0.717, 1.165) is 11.3 Å². The standard InChI is InChI=1S/C8H11NOS/c1-3-8(10)9-5-7(11)4-6(9)2/h3,6H,1,4-5H2,2H3/t6-/m0/s1. The maximum absolute atomic E-state index is 11.1. The summed E-state index contributed by atoms with van der Waals surface area (Å²) in [7, 11) is 0. The first-order valence-corrected chi connectivity index (χ1v) is 4.00. The SMILES string of the molecule is C=CC(=O)N1CC(=S)C[C@@H]1C. The topological polar surface area (TPSA) is 20.3 Å². The summed E-state index contributed by atoms with van der Waals surface area (Å²) in [6, 6.07) is 0.257. The van der Waals surface area contributed by atoms with Gasteiger partial charge in [-0.1, -0.05) is 18.8 Å². The molecule has 1 fully saturated rings. The van der Waals surface area contributed by atoms with Crippen LogP contribution in [0.25, 0.3) is 0 Å². The fraction of sp³-hybridized carbons (Fsp3) is 0.500. The van der Waals surface area contributed by atoms with Gasteiger partial charge in [-0.15, -0.1) is 0 Å². The van der Waals surface area contributed by atoms with Crippen LogP contribution in [0, 0.1) is 0 Å². The molecule has 0 bridgehead atoms. The van der Waals surface area contributed by atoms with E-state index in [1.54, 1.807) is 4.90 Å². The summed E-state index contributed by atoms with van der Waals surface area (Å²) in [5.41, 5.74) is 0. The number of nitrogens with zero attached hydrogens (tertiary/aromatic N) is 1. The highest BCUT2D eigenvalue weighted by atomic mass is 32.1. The third-order valence-electron chi connectivity index (χ3n) is 1.86. The molecule has 0 saturated carbocycles. The van der Waals surface area contributed by atoms with Crippen molar-refractivity contribution in [2.75, 3.05) is 6.54 Å². The van der Waals surface area contributed by atoms with Crippen molar-refractivity contribution in [1.82, 2.24) is 4.90 Å². The van der Waals surface area contributed by atoms with E-state index in [9.17, 15) is 4.79 Å². The molecule has 0 aliphatic carbocycles. The van der Waals surface area contributed by atoms with Gasteiger partial charge in [0, 0.05) is 17.3 Å². The lowest BCUT2D eigenvalue weighted by atomic mass is 10.2. The zero-order valence-corrected chi connectivity index (χ0v) is 7.36. The second-order valence-electron chi connectivity index (χ2n) is 2.76. The van der Waals surface area contributed by atoms with Crippen LogP contribution in [0.1, 0.15) is 13.3 Å². The van der Waals surface area contributed by atoms with Crippen molar-refractivity contribution in [2.45, 2.75) is 19.4 Å². The number of likely N-dealkylation sites (tertiary alicyclic amines) is 1. The van der Waals surface area contributed by atoms with E-state index in [0.29, 0.717) is 6.54 Å².